The molecule has 0 aliphatic carbocycles. The SMILES string of the molecule is CCCCCC(CCCCC/C=C/C=C/C=C/C=C/C(=O)[O-])OO. The predicted molar refractivity (Wildman–Crippen MR) is 96.3 cm³/mol. The van der Waals surface area contributed by atoms with Crippen molar-refractivity contribution in [2.75, 3.05) is 0 Å². The summed E-state index contributed by atoms with van der Waals surface area (Å²) in [6.45, 7) is 2.17. The molecule has 4 heteroatoms. The lowest BCUT2D eigenvalue weighted by Gasteiger charge is -2.12. The van der Waals surface area contributed by atoms with E-state index in [1.54, 1.807) is 12.2 Å². The van der Waals surface area contributed by atoms with Crippen LogP contribution in [0, 0.1) is 0 Å². The number of carboxylic acids is 1. The molecule has 0 saturated heterocycles. The highest BCUT2D eigenvalue weighted by Crippen LogP contribution is 2.14. The fourth-order valence-corrected chi connectivity index (χ4v) is 2.25. The van der Waals surface area contributed by atoms with Crippen molar-refractivity contribution in [2.45, 2.75) is 70.8 Å². The van der Waals surface area contributed by atoms with Gasteiger partial charge in [0.15, 0.2) is 0 Å². The summed E-state index contributed by atoms with van der Waals surface area (Å²) < 4.78 is 0. The highest BCUT2D eigenvalue weighted by Gasteiger charge is 2.07. The molecule has 0 bridgehead atoms. The van der Waals surface area contributed by atoms with Gasteiger partial charge in [0.2, 0.25) is 0 Å². The molecule has 0 saturated carbocycles. The average molecular weight is 335 g/mol. The van der Waals surface area contributed by atoms with Crippen LogP contribution in [0.5, 0.6) is 0 Å². The molecule has 0 heterocycles. The molecule has 4 nitrogen and oxygen atoms in total. The normalized spacial score (nSPS) is 13.8. The molecular weight excluding hydrogens is 304 g/mol. The minimum Gasteiger partial charge on any atom is -0.545 e. The largest absolute Gasteiger partial charge is 0.545 e. The second-order valence-corrected chi connectivity index (χ2v) is 5.74. The number of aliphatic carboxylic acids is 1. The predicted octanol–water partition coefficient (Wildman–Crippen LogP) is 4.35. The van der Waals surface area contributed by atoms with Crippen LogP contribution in [0.1, 0.15) is 64.7 Å². The van der Waals surface area contributed by atoms with Crippen molar-refractivity contribution in [2.24, 2.45) is 0 Å². The van der Waals surface area contributed by atoms with Crippen molar-refractivity contribution in [3.8, 4) is 0 Å². The first-order valence-electron chi connectivity index (χ1n) is 8.88. The van der Waals surface area contributed by atoms with Crippen molar-refractivity contribution in [1.82, 2.24) is 0 Å². The van der Waals surface area contributed by atoms with E-state index >= 15 is 0 Å². The van der Waals surface area contributed by atoms with E-state index in [-0.39, 0.29) is 6.10 Å². The van der Waals surface area contributed by atoms with Crippen LogP contribution in [-0.4, -0.2) is 17.3 Å². The molecular formula is C20H31O4-. The number of unbranched alkanes of at least 4 members (excludes halogenated alkanes) is 5. The lowest BCUT2D eigenvalue weighted by molar-refractivity contribution is -0.297. The van der Waals surface area contributed by atoms with Gasteiger partial charge >= 0.3 is 0 Å². The van der Waals surface area contributed by atoms with Gasteiger partial charge in [-0.2, -0.15) is 0 Å². The summed E-state index contributed by atoms with van der Waals surface area (Å²) in [6, 6.07) is 0. The number of hydrogen-bond acceptors (Lipinski definition) is 4. The molecule has 0 aromatic heterocycles. The van der Waals surface area contributed by atoms with E-state index < -0.39 is 5.97 Å². The molecule has 0 aromatic carbocycles. The highest BCUT2D eigenvalue weighted by molar-refractivity contribution is 5.77. The van der Waals surface area contributed by atoms with Crippen molar-refractivity contribution in [1.29, 1.82) is 0 Å². The van der Waals surface area contributed by atoms with Crippen LogP contribution in [0.25, 0.3) is 0 Å². The van der Waals surface area contributed by atoms with Gasteiger partial charge < -0.3 is 9.90 Å². The van der Waals surface area contributed by atoms with Gasteiger partial charge in [-0.3, -0.25) is 5.26 Å². The van der Waals surface area contributed by atoms with Crippen LogP contribution in [0.2, 0.25) is 0 Å². The summed E-state index contributed by atoms with van der Waals surface area (Å²) in [4.78, 5) is 14.7. The fraction of sp³-hybridized carbons (Fsp3) is 0.550. The van der Waals surface area contributed by atoms with Gasteiger partial charge in [0.1, 0.15) is 0 Å². The first-order valence-corrected chi connectivity index (χ1v) is 8.88. The summed E-state index contributed by atoms with van der Waals surface area (Å²) in [5.41, 5.74) is 0. The van der Waals surface area contributed by atoms with Gasteiger partial charge in [0, 0.05) is 0 Å². The van der Waals surface area contributed by atoms with E-state index in [0.29, 0.717) is 0 Å². The molecule has 1 atom stereocenters. The quantitative estimate of drug-likeness (QED) is 0.159. The smallest absolute Gasteiger partial charge is 0.0927 e. The molecule has 24 heavy (non-hydrogen) atoms. The zero-order valence-electron chi connectivity index (χ0n) is 14.7. The van der Waals surface area contributed by atoms with E-state index in [0.717, 1.165) is 51.0 Å². The third-order valence-corrected chi connectivity index (χ3v) is 3.60. The maximum Gasteiger partial charge on any atom is 0.0927 e. The maximum absolute atomic E-state index is 10.1. The monoisotopic (exact) mass is 335 g/mol. The van der Waals surface area contributed by atoms with Gasteiger partial charge in [0.25, 0.3) is 0 Å². The first kappa shape index (κ1) is 22.4. The highest BCUT2D eigenvalue weighted by atomic mass is 17.1. The molecule has 1 N–H and O–H groups in total. The number of hydrogen-bond donors (Lipinski definition) is 1. The number of carbonyl (C=O) groups is 1. The van der Waals surface area contributed by atoms with Gasteiger partial charge in [-0.25, -0.2) is 4.89 Å². The van der Waals surface area contributed by atoms with Crippen molar-refractivity contribution in [3.05, 3.63) is 48.6 Å². The van der Waals surface area contributed by atoms with Crippen LogP contribution in [-0.2, 0) is 9.68 Å². The Hall–Kier alpha value is -1.65. The number of allylic oxidation sites excluding steroid dienone is 7. The Morgan fingerprint density at radius 3 is 2.21 bits per heavy atom. The second kappa shape index (κ2) is 17.7. The van der Waals surface area contributed by atoms with Crippen LogP contribution >= 0.6 is 0 Å². The molecule has 0 amide bonds. The molecule has 0 aliphatic rings. The zero-order valence-corrected chi connectivity index (χ0v) is 14.7. The third-order valence-electron chi connectivity index (χ3n) is 3.60. The van der Waals surface area contributed by atoms with E-state index in [2.05, 4.69) is 17.9 Å². The Bertz CT molecular complexity index is 408. The van der Waals surface area contributed by atoms with Crippen LogP contribution in [0.3, 0.4) is 0 Å². The summed E-state index contributed by atoms with van der Waals surface area (Å²) >= 11 is 0. The number of carbonyl (C=O) groups excluding carboxylic acids is 1. The summed E-state index contributed by atoms with van der Waals surface area (Å²) in [5, 5.41) is 19.0. The van der Waals surface area contributed by atoms with E-state index in [1.807, 2.05) is 18.2 Å². The molecule has 0 spiro atoms. The van der Waals surface area contributed by atoms with Gasteiger partial charge in [-0.1, -0.05) is 81.6 Å². The van der Waals surface area contributed by atoms with E-state index in [9.17, 15) is 9.90 Å². The van der Waals surface area contributed by atoms with Crippen molar-refractivity contribution >= 4 is 5.97 Å². The molecule has 0 rings (SSSR count). The topological polar surface area (TPSA) is 69.6 Å². The van der Waals surface area contributed by atoms with Gasteiger partial charge in [-0.15, -0.1) is 0 Å². The minimum absolute atomic E-state index is 0.00669. The average Bonchev–Trinajstić information content (AvgIpc) is 2.57. The molecule has 0 aliphatic heterocycles. The summed E-state index contributed by atoms with van der Waals surface area (Å²) in [7, 11) is 0. The molecule has 0 radical (unpaired) electrons. The Kier molecular flexibility index (Phi) is 16.5. The second-order valence-electron chi connectivity index (χ2n) is 5.74. The lowest BCUT2D eigenvalue weighted by atomic mass is 10.0. The van der Waals surface area contributed by atoms with Gasteiger partial charge in [-0.05, 0) is 31.8 Å². The van der Waals surface area contributed by atoms with E-state index in [4.69, 9.17) is 5.26 Å². The zero-order chi connectivity index (χ0) is 17.9. The number of carboxylic acid groups (broad SMARTS) is 1. The van der Waals surface area contributed by atoms with Crippen molar-refractivity contribution < 1.29 is 20.0 Å². The van der Waals surface area contributed by atoms with E-state index in [1.165, 1.54) is 18.9 Å². The Morgan fingerprint density at radius 2 is 1.58 bits per heavy atom. The Balaban J connectivity index is 3.59. The maximum atomic E-state index is 10.1. The molecule has 0 fully saturated rings. The Morgan fingerprint density at radius 1 is 0.958 bits per heavy atom. The van der Waals surface area contributed by atoms with Crippen LogP contribution in [0.4, 0.5) is 0 Å². The first-order chi connectivity index (χ1) is 11.7. The fourth-order valence-electron chi connectivity index (χ4n) is 2.25. The molecule has 1 unspecified atom stereocenters. The number of rotatable bonds is 15. The lowest BCUT2D eigenvalue weighted by Crippen LogP contribution is -2.18. The summed E-state index contributed by atoms with van der Waals surface area (Å²) in [6.07, 6.45) is 23.4. The molecule has 136 valence electrons. The minimum atomic E-state index is -1.19. The third kappa shape index (κ3) is 16.7. The Labute approximate surface area is 146 Å². The van der Waals surface area contributed by atoms with Gasteiger partial charge in [0.05, 0.1) is 12.1 Å². The van der Waals surface area contributed by atoms with Crippen LogP contribution in [0.15, 0.2) is 48.6 Å². The summed E-state index contributed by atoms with van der Waals surface area (Å²) in [5.74, 6) is -1.19. The molecule has 0 aromatic rings. The standard InChI is InChI=1S/C20H32O4/c1-2-3-13-16-19(24-23)17-14-11-9-7-5-4-6-8-10-12-15-18-20(21)22/h4-6,8,10,12,15,18-19,23H,2-3,7,9,11,13-14,16-17H2,1H3,(H,21,22)/p-1/b5-4+,8-6+,12-10+,18-15+. The van der Waals surface area contributed by atoms with Crippen molar-refractivity contribution in [3.63, 3.8) is 0 Å². The van der Waals surface area contributed by atoms with Crippen LogP contribution < -0.4 is 5.11 Å².